The minimum absolute atomic E-state index is 0.824. The zero-order chi connectivity index (χ0) is 6.69. The van der Waals surface area contributed by atoms with Crippen molar-refractivity contribution in [2.24, 2.45) is 0 Å². The van der Waals surface area contributed by atoms with Crippen molar-refractivity contribution < 1.29 is 0 Å². The Bertz CT molecular complexity index is 172. The first-order chi connectivity index (χ1) is 4.30. The molecule has 0 aliphatic carbocycles. The molecule has 0 radical (unpaired) electrons. The molecule has 1 heterocycles. The monoisotopic (exact) mass is 124 g/mol. The van der Waals surface area contributed by atoms with E-state index in [2.05, 4.69) is 15.4 Å². The SMILES string of the molecule is CN(C)c1ccnnn1. The van der Waals surface area contributed by atoms with E-state index in [-0.39, 0.29) is 0 Å². The van der Waals surface area contributed by atoms with E-state index >= 15 is 0 Å². The van der Waals surface area contributed by atoms with Gasteiger partial charge in [-0.2, -0.15) is 0 Å². The molecule has 1 aromatic heterocycles. The molecule has 0 N–H and O–H groups in total. The summed E-state index contributed by atoms with van der Waals surface area (Å²) >= 11 is 0. The van der Waals surface area contributed by atoms with Gasteiger partial charge in [0, 0.05) is 20.2 Å². The second-order valence-corrected chi connectivity index (χ2v) is 1.87. The minimum Gasteiger partial charge on any atom is -0.361 e. The fraction of sp³-hybridized carbons (Fsp3) is 0.400. The molecule has 0 unspecified atom stereocenters. The first-order valence-corrected chi connectivity index (χ1v) is 2.62. The summed E-state index contributed by atoms with van der Waals surface area (Å²) in [7, 11) is 3.81. The van der Waals surface area contributed by atoms with Crippen LogP contribution in [-0.4, -0.2) is 29.5 Å². The van der Waals surface area contributed by atoms with E-state index < -0.39 is 0 Å². The van der Waals surface area contributed by atoms with Gasteiger partial charge >= 0.3 is 0 Å². The Morgan fingerprint density at radius 2 is 2.22 bits per heavy atom. The maximum absolute atomic E-state index is 3.74. The van der Waals surface area contributed by atoms with Gasteiger partial charge in [-0.05, 0) is 5.21 Å². The molecule has 0 aromatic carbocycles. The Labute approximate surface area is 53.5 Å². The van der Waals surface area contributed by atoms with Crippen LogP contribution < -0.4 is 4.90 Å². The van der Waals surface area contributed by atoms with E-state index in [0.29, 0.717) is 0 Å². The summed E-state index contributed by atoms with van der Waals surface area (Å²) < 4.78 is 0. The minimum atomic E-state index is 0.824. The summed E-state index contributed by atoms with van der Waals surface area (Å²) in [6.45, 7) is 0. The van der Waals surface area contributed by atoms with E-state index in [9.17, 15) is 0 Å². The van der Waals surface area contributed by atoms with Gasteiger partial charge in [0.05, 0.1) is 6.20 Å². The van der Waals surface area contributed by atoms with Crippen molar-refractivity contribution in [2.45, 2.75) is 0 Å². The average Bonchev–Trinajstić information content (AvgIpc) is 1.90. The van der Waals surface area contributed by atoms with Crippen LogP contribution in [0.3, 0.4) is 0 Å². The highest BCUT2D eigenvalue weighted by atomic mass is 15.3. The van der Waals surface area contributed by atoms with Gasteiger partial charge in [0.25, 0.3) is 0 Å². The summed E-state index contributed by atoms with van der Waals surface area (Å²) in [5.41, 5.74) is 0. The second kappa shape index (κ2) is 2.39. The van der Waals surface area contributed by atoms with Crippen molar-refractivity contribution in [1.82, 2.24) is 15.4 Å². The Morgan fingerprint density at radius 1 is 1.44 bits per heavy atom. The van der Waals surface area contributed by atoms with E-state index in [1.165, 1.54) is 0 Å². The van der Waals surface area contributed by atoms with E-state index in [4.69, 9.17) is 0 Å². The van der Waals surface area contributed by atoms with E-state index in [0.717, 1.165) is 5.82 Å². The largest absolute Gasteiger partial charge is 0.361 e. The van der Waals surface area contributed by atoms with E-state index in [1.54, 1.807) is 12.3 Å². The molecule has 9 heavy (non-hydrogen) atoms. The molecule has 4 nitrogen and oxygen atoms in total. The number of hydrogen-bond donors (Lipinski definition) is 0. The molecule has 0 aliphatic rings. The first kappa shape index (κ1) is 5.94. The molecule has 0 atom stereocenters. The molecule has 0 fully saturated rings. The molecular weight excluding hydrogens is 116 g/mol. The van der Waals surface area contributed by atoms with Crippen molar-refractivity contribution in [3.8, 4) is 0 Å². The number of aromatic nitrogens is 3. The Kier molecular flexibility index (Phi) is 1.58. The van der Waals surface area contributed by atoms with Crippen LogP contribution in [0.15, 0.2) is 12.3 Å². The summed E-state index contributed by atoms with van der Waals surface area (Å²) in [5, 5.41) is 10.7. The number of anilines is 1. The topological polar surface area (TPSA) is 41.9 Å². The molecule has 1 rings (SSSR count). The third kappa shape index (κ3) is 1.35. The van der Waals surface area contributed by atoms with E-state index in [1.807, 2.05) is 19.0 Å². The first-order valence-electron chi connectivity index (χ1n) is 2.62. The molecule has 0 saturated carbocycles. The van der Waals surface area contributed by atoms with Gasteiger partial charge in [0.2, 0.25) is 0 Å². The predicted molar refractivity (Wildman–Crippen MR) is 34.2 cm³/mol. The average molecular weight is 124 g/mol. The lowest BCUT2D eigenvalue weighted by molar-refractivity contribution is 0.845. The molecule has 0 amide bonds. The number of nitrogens with zero attached hydrogens (tertiary/aromatic N) is 4. The lowest BCUT2D eigenvalue weighted by atomic mass is 10.6. The molecule has 48 valence electrons. The third-order valence-electron chi connectivity index (χ3n) is 0.947. The highest BCUT2D eigenvalue weighted by molar-refractivity contribution is 5.32. The van der Waals surface area contributed by atoms with Gasteiger partial charge in [-0.15, -0.1) is 10.2 Å². The van der Waals surface area contributed by atoms with Crippen LogP contribution in [0.5, 0.6) is 0 Å². The van der Waals surface area contributed by atoms with Crippen molar-refractivity contribution in [1.29, 1.82) is 0 Å². The van der Waals surface area contributed by atoms with Crippen LogP contribution in [-0.2, 0) is 0 Å². The second-order valence-electron chi connectivity index (χ2n) is 1.87. The van der Waals surface area contributed by atoms with Crippen molar-refractivity contribution >= 4 is 5.82 Å². The fourth-order valence-electron chi connectivity index (χ4n) is 0.473. The van der Waals surface area contributed by atoms with Gasteiger partial charge in [-0.3, -0.25) is 0 Å². The van der Waals surface area contributed by atoms with Crippen LogP contribution in [0.4, 0.5) is 5.82 Å². The fourth-order valence-corrected chi connectivity index (χ4v) is 0.473. The standard InChI is InChI=1S/C5H8N4/c1-9(2)5-3-4-6-8-7-5/h3-4H,1-2H3. The maximum atomic E-state index is 3.74. The predicted octanol–water partition coefficient (Wildman–Crippen LogP) is -0.0624. The molecule has 0 bridgehead atoms. The molecule has 0 spiro atoms. The van der Waals surface area contributed by atoms with Gasteiger partial charge < -0.3 is 4.90 Å². The zero-order valence-electron chi connectivity index (χ0n) is 5.44. The summed E-state index contributed by atoms with van der Waals surface area (Å²) in [6.07, 6.45) is 1.61. The Morgan fingerprint density at radius 3 is 2.56 bits per heavy atom. The lowest BCUT2D eigenvalue weighted by Gasteiger charge is -2.07. The normalized spacial score (nSPS) is 9.11. The van der Waals surface area contributed by atoms with Gasteiger partial charge in [-0.1, -0.05) is 0 Å². The third-order valence-corrected chi connectivity index (χ3v) is 0.947. The molecule has 0 aliphatic heterocycles. The molecule has 0 saturated heterocycles. The summed E-state index contributed by atoms with van der Waals surface area (Å²) in [4.78, 5) is 1.87. The summed E-state index contributed by atoms with van der Waals surface area (Å²) in [6, 6.07) is 1.80. The van der Waals surface area contributed by atoms with Crippen molar-refractivity contribution in [3.63, 3.8) is 0 Å². The highest BCUT2D eigenvalue weighted by Gasteiger charge is 1.91. The van der Waals surface area contributed by atoms with Crippen LogP contribution >= 0.6 is 0 Å². The van der Waals surface area contributed by atoms with Crippen molar-refractivity contribution in [3.05, 3.63) is 12.3 Å². The van der Waals surface area contributed by atoms with Crippen LogP contribution in [0, 0.1) is 0 Å². The van der Waals surface area contributed by atoms with Gasteiger partial charge in [0.1, 0.15) is 0 Å². The smallest absolute Gasteiger partial charge is 0.154 e. The van der Waals surface area contributed by atoms with Crippen molar-refractivity contribution in [2.75, 3.05) is 19.0 Å². The highest BCUT2D eigenvalue weighted by Crippen LogP contribution is 1.98. The van der Waals surface area contributed by atoms with Crippen LogP contribution in [0.25, 0.3) is 0 Å². The Balaban J connectivity index is 2.85. The van der Waals surface area contributed by atoms with Crippen LogP contribution in [0.2, 0.25) is 0 Å². The van der Waals surface area contributed by atoms with Gasteiger partial charge in [-0.25, -0.2) is 0 Å². The molecular formula is C5H8N4. The number of rotatable bonds is 1. The quantitative estimate of drug-likeness (QED) is 0.526. The van der Waals surface area contributed by atoms with Crippen LogP contribution in [0.1, 0.15) is 0 Å². The molecule has 4 heteroatoms. The molecule has 1 aromatic rings. The maximum Gasteiger partial charge on any atom is 0.154 e. The summed E-state index contributed by atoms with van der Waals surface area (Å²) in [5.74, 6) is 0.824. The lowest BCUT2D eigenvalue weighted by Crippen LogP contribution is -2.11. The Hall–Kier alpha value is -1.19. The number of hydrogen-bond acceptors (Lipinski definition) is 4. The zero-order valence-corrected chi connectivity index (χ0v) is 5.44. The van der Waals surface area contributed by atoms with Gasteiger partial charge in [0.15, 0.2) is 5.82 Å².